The summed E-state index contributed by atoms with van der Waals surface area (Å²) in [4.78, 5) is 19.0. The zero-order valence-corrected chi connectivity index (χ0v) is 20.0. The zero-order valence-electron chi connectivity index (χ0n) is 20.0. The van der Waals surface area contributed by atoms with Gasteiger partial charge in [-0.1, -0.05) is 18.2 Å². The van der Waals surface area contributed by atoms with Crippen molar-refractivity contribution < 1.29 is 22.4 Å². The number of rotatable bonds is 6. The first-order valence-corrected chi connectivity index (χ1v) is 11.7. The van der Waals surface area contributed by atoms with Gasteiger partial charge in [0.05, 0.1) is 11.2 Å². The summed E-state index contributed by atoms with van der Waals surface area (Å²) in [7, 11) is 4.02. The molecule has 2 amide bonds. The molecule has 7 nitrogen and oxygen atoms in total. The SMILES string of the molecule is Cc1cc(NC(=O)NCC2CCC(Nc3cc(N(C)C)c4ccccc4n3)CC2)c(C(F)(F)F)o1. The van der Waals surface area contributed by atoms with Gasteiger partial charge in [-0.3, -0.25) is 0 Å². The highest BCUT2D eigenvalue weighted by Gasteiger charge is 2.38. The van der Waals surface area contributed by atoms with E-state index >= 15 is 0 Å². The van der Waals surface area contributed by atoms with Gasteiger partial charge in [0.2, 0.25) is 5.76 Å². The average Bonchev–Trinajstić information content (AvgIpc) is 3.18. The van der Waals surface area contributed by atoms with E-state index in [9.17, 15) is 18.0 Å². The number of hydrogen-bond donors (Lipinski definition) is 3. The molecule has 0 atom stereocenters. The number of aromatic nitrogens is 1. The fourth-order valence-electron chi connectivity index (χ4n) is 4.54. The molecular weight excluding hydrogens is 459 g/mol. The summed E-state index contributed by atoms with van der Waals surface area (Å²) in [5, 5.41) is 9.61. The van der Waals surface area contributed by atoms with Gasteiger partial charge in [0.15, 0.2) is 0 Å². The number of aryl methyl sites for hydroxylation is 1. The minimum Gasteiger partial charge on any atom is -0.455 e. The second-order valence-electron chi connectivity index (χ2n) is 9.23. The van der Waals surface area contributed by atoms with Gasteiger partial charge in [0, 0.05) is 49.9 Å². The number of anilines is 3. The van der Waals surface area contributed by atoms with Crippen molar-refractivity contribution in [3.63, 3.8) is 0 Å². The Kier molecular flexibility index (Phi) is 7.09. The highest BCUT2D eigenvalue weighted by atomic mass is 19.4. The Morgan fingerprint density at radius 3 is 2.54 bits per heavy atom. The lowest BCUT2D eigenvalue weighted by molar-refractivity contribution is -0.152. The van der Waals surface area contributed by atoms with Crippen molar-refractivity contribution in [3.05, 3.63) is 47.9 Å². The molecular formula is C25H30F3N5O2. The van der Waals surface area contributed by atoms with Crippen LogP contribution in [0.15, 0.2) is 40.8 Å². The number of halogens is 3. The molecule has 0 saturated heterocycles. The first-order chi connectivity index (χ1) is 16.6. The molecule has 1 aliphatic carbocycles. The van der Waals surface area contributed by atoms with Gasteiger partial charge in [-0.15, -0.1) is 0 Å². The van der Waals surface area contributed by atoms with Crippen molar-refractivity contribution in [1.82, 2.24) is 10.3 Å². The summed E-state index contributed by atoms with van der Waals surface area (Å²) in [6.07, 6.45) is -1.05. The number of para-hydroxylation sites is 1. The first-order valence-electron chi connectivity index (χ1n) is 11.7. The van der Waals surface area contributed by atoms with Gasteiger partial charge in [0.1, 0.15) is 11.6 Å². The summed E-state index contributed by atoms with van der Waals surface area (Å²) >= 11 is 0. The predicted octanol–water partition coefficient (Wildman–Crippen LogP) is 6.01. The van der Waals surface area contributed by atoms with Gasteiger partial charge in [-0.2, -0.15) is 13.2 Å². The molecule has 1 aliphatic rings. The van der Waals surface area contributed by atoms with Crippen LogP contribution in [0.3, 0.4) is 0 Å². The molecule has 0 unspecified atom stereocenters. The van der Waals surface area contributed by atoms with Crippen LogP contribution in [0, 0.1) is 12.8 Å². The highest BCUT2D eigenvalue weighted by molar-refractivity contribution is 5.93. The number of benzene rings is 1. The third-order valence-corrected chi connectivity index (χ3v) is 6.29. The summed E-state index contributed by atoms with van der Waals surface area (Å²) in [5.74, 6) is -0.0217. The van der Waals surface area contributed by atoms with E-state index in [0.717, 1.165) is 48.1 Å². The lowest BCUT2D eigenvalue weighted by Crippen LogP contribution is -2.36. The number of furan rings is 1. The van der Waals surface area contributed by atoms with Gasteiger partial charge in [-0.05, 0) is 44.6 Å². The summed E-state index contributed by atoms with van der Waals surface area (Å²) < 4.78 is 43.8. The summed E-state index contributed by atoms with van der Waals surface area (Å²) in [6.45, 7) is 1.80. The summed E-state index contributed by atoms with van der Waals surface area (Å²) in [6, 6.07) is 10.9. The van der Waals surface area contributed by atoms with Crippen LogP contribution in [0.1, 0.15) is 37.2 Å². The van der Waals surface area contributed by atoms with E-state index in [2.05, 4.69) is 33.0 Å². The Bertz CT molecular complexity index is 1180. The lowest BCUT2D eigenvalue weighted by Gasteiger charge is -2.30. The van der Waals surface area contributed by atoms with Crippen LogP contribution in [0.2, 0.25) is 0 Å². The average molecular weight is 490 g/mol. The number of fused-ring (bicyclic) bond motifs is 1. The first kappa shape index (κ1) is 24.7. The molecule has 35 heavy (non-hydrogen) atoms. The molecule has 2 heterocycles. The van der Waals surface area contributed by atoms with Crippen LogP contribution >= 0.6 is 0 Å². The monoisotopic (exact) mass is 489 g/mol. The van der Waals surface area contributed by atoms with Gasteiger partial charge >= 0.3 is 12.2 Å². The Morgan fingerprint density at radius 2 is 1.86 bits per heavy atom. The predicted molar refractivity (Wildman–Crippen MR) is 131 cm³/mol. The molecule has 4 rings (SSSR count). The van der Waals surface area contributed by atoms with Gasteiger partial charge in [-0.25, -0.2) is 9.78 Å². The fraction of sp³-hybridized carbons (Fsp3) is 0.440. The lowest BCUT2D eigenvalue weighted by atomic mass is 9.86. The maximum Gasteiger partial charge on any atom is 0.451 e. The third kappa shape index (κ3) is 5.98. The second-order valence-corrected chi connectivity index (χ2v) is 9.23. The van der Waals surface area contributed by atoms with E-state index in [1.54, 1.807) is 0 Å². The van der Waals surface area contributed by atoms with E-state index in [-0.39, 0.29) is 23.4 Å². The van der Waals surface area contributed by atoms with Crippen LogP contribution in [0.4, 0.5) is 35.2 Å². The Labute approximate surface area is 202 Å². The maximum absolute atomic E-state index is 13.0. The maximum atomic E-state index is 13.0. The van der Waals surface area contributed by atoms with E-state index in [0.29, 0.717) is 6.54 Å². The Morgan fingerprint density at radius 1 is 1.14 bits per heavy atom. The Balaban J connectivity index is 1.28. The molecule has 10 heteroatoms. The van der Waals surface area contributed by atoms with E-state index in [1.165, 1.54) is 13.0 Å². The van der Waals surface area contributed by atoms with E-state index in [1.807, 2.05) is 32.3 Å². The third-order valence-electron chi connectivity index (χ3n) is 6.29. The van der Waals surface area contributed by atoms with Crippen molar-refractivity contribution >= 4 is 34.1 Å². The van der Waals surface area contributed by atoms with Crippen molar-refractivity contribution in [2.24, 2.45) is 5.92 Å². The van der Waals surface area contributed by atoms with Crippen LogP contribution in [0.25, 0.3) is 10.9 Å². The van der Waals surface area contributed by atoms with Crippen LogP contribution in [-0.4, -0.2) is 37.7 Å². The smallest absolute Gasteiger partial charge is 0.451 e. The number of carbonyl (C=O) groups excluding carboxylic acids is 1. The molecule has 0 radical (unpaired) electrons. The van der Waals surface area contributed by atoms with Crippen molar-refractivity contribution in [2.75, 3.05) is 36.2 Å². The normalized spacial score (nSPS) is 18.3. The van der Waals surface area contributed by atoms with E-state index in [4.69, 9.17) is 9.40 Å². The number of urea groups is 1. The molecule has 0 aliphatic heterocycles. The van der Waals surface area contributed by atoms with Crippen molar-refractivity contribution in [2.45, 2.75) is 44.8 Å². The van der Waals surface area contributed by atoms with Gasteiger partial charge in [0.25, 0.3) is 0 Å². The van der Waals surface area contributed by atoms with Gasteiger partial charge < -0.3 is 25.3 Å². The topological polar surface area (TPSA) is 82.4 Å². The van der Waals surface area contributed by atoms with Crippen LogP contribution in [0.5, 0.6) is 0 Å². The van der Waals surface area contributed by atoms with Crippen LogP contribution < -0.4 is 20.9 Å². The number of nitrogens with zero attached hydrogens (tertiary/aromatic N) is 2. The molecule has 1 aromatic carbocycles. The number of nitrogens with one attached hydrogen (secondary N) is 3. The molecule has 188 valence electrons. The number of carbonyl (C=O) groups is 1. The fourth-order valence-corrected chi connectivity index (χ4v) is 4.54. The summed E-state index contributed by atoms with van der Waals surface area (Å²) in [5.41, 5.74) is 1.66. The number of amides is 2. The Hall–Kier alpha value is -3.43. The molecule has 0 bridgehead atoms. The minimum absolute atomic E-state index is 0.0806. The molecule has 0 spiro atoms. The molecule has 1 saturated carbocycles. The standard InChI is InChI=1S/C25H30F3N5O2/c1-15-12-20(23(35-15)25(26,27)28)32-24(34)29-14-16-8-10-17(11-9-16)30-22-13-21(33(2)3)18-6-4-5-7-19(18)31-22/h4-7,12-13,16-17H,8-11,14H2,1-3H3,(H,30,31)(H2,29,32,34). The van der Waals surface area contributed by atoms with Crippen LogP contribution in [-0.2, 0) is 6.18 Å². The quantitative estimate of drug-likeness (QED) is 0.395. The molecule has 2 aromatic heterocycles. The number of alkyl halides is 3. The number of pyridine rings is 1. The number of hydrogen-bond acceptors (Lipinski definition) is 5. The molecule has 3 N–H and O–H groups in total. The van der Waals surface area contributed by atoms with Crippen molar-refractivity contribution in [3.8, 4) is 0 Å². The van der Waals surface area contributed by atoms with E-state index < -0.39 is 18.0 Å². The van der Waals surface area contributed by atoms with Crippen molar-refractivity contribution in [1.29, 1.82) is 0 Å². The highest BCUT2D eigenvalue weighted by Crippen LogP contribution is 2.37. The zero-order chi connectivity index (χ0) is 25.2. The molecule has 3 aromatic rings. The molecule has 1 fully saturated rings. The minimum atomic E-state index is -4.67. The second kappa shape index (κ2) is 10.1. The largest absolute Gasteiger partial charge is 0.455 e.